The van der Waals surface area contributed by atoms with Gasteiger partial charge in [0.05, 0.1) is 37.1 Å². The number of alkyl halides is 3. The summed E-state index contributed by atoms with van der Waals surface area (Å²) < 4.78 is 73.4. The number of carbonyl (C=O) groups is 2. The van der Waals surface area contributed by atoms with Gasteiger partial charge in [0.15, 0.2) is 11.6 Å². The molecule has 1 aromatic carbocycles. The Morgan fingerprint density at radius 2 is 1.67 bits per heavy atom. The molecule has 0 spiro atoms. The Labute approximate surface area is 247 Å². The lowest BCUT2D eigenvalue weighted by molar-refractivity contribution is -0.139. The summed E-state index contributed by atoms with van der Waals surface area (Å²) in [5.41, 5.74) is -3.22. The van der Waals surface area contributed by atoms with Crippen LogP contribution in [0.3, 0.4) is 0 Å². The Kier molecular flexibility index (Phi) is 11.1. The molecule has 3 rings (SSSR count). The van der Waals surface area contributed by atoms with E-state index in [0.717, 1.165) is 42.1 Å². The number of carbonyl (C=O) groups excluding carboxylic acids is 1. The fourth-order valence-electron chi connectivity index (χ4n) is 5.07. The number of hydrogen-bond donors (Lipinski definition) is 2. The zero-order chi connectivity index (χ0) is 32.1. The molecule has 0 atom stereocenters. The summed E-state index contributed by atoms with van der Waals surface area (Å²) in [6.07, 6.45) is -1.20. The number of hydrogen-bond acceptors (Lipinski definition) is 7. The number of ether oxygens (including phenoxy) is 3. The molecule has 9 nitrogen and oxygen atoms in total. The van der Waals surface area contributed by atoms with Crippen molar-refractivity contribution in [2.24, 2.45) is 11.8 Å². The van der Waals surface area contributed by atoms with Crippen molar-refractivity contribution in [2.45, 2.75) is 64.1 Å². The number of rotatable bonds is 12. The maximum atomic E-state index is 15.6. The number of benzene rings is 1. The predicted molar refractivity (Wildman–Crippen MR) is 149 cm³/mol. The molecule has 43 heavy (non-hydrogen) atoms. The summed E-state index contributed by atoms with van der Waals surface area (Å²) in [5.74, 6) is -5.06. The molecule has 0 bridgehead atoms. The van der Waals surface area contributed by atoms with Gasteiger partial charge in [-0.3, -0.25) is 4.79 Å². The number of methoxy groups -OCH3 is 2. The van der Waals surface area contributed by atoms with Gasteiger partial charge in [0, 0.05) is 43.9 Å². The van der Waals surface area contributed by atoms with Crippen molar-refractivity contribution in [2.75, 3.05) is 38.9 Å². The molecule has 2 N–H and O–H groups in total. The number of pyridine rings is 1. The molecule has 1 aliphatic carbocycles. The average Bonchev–Trinajstić information content (AvgIpc) is 2.94. The van der Waals surface area contributed by atoms with Crippen LogP contribution in [-0.2, 0) is 25.9 Å². The Balaban J connectivity index is 2.14. The van der Waals surface area contributed by atoms with Crippen LogP contribution in [0, 0.1) is 17.7 Å². The summed E-state index contributed by atoms with van der Waals surface area (Å²) in [6, 6.07) is 1.41. The third-order valence-electron chi connectivity index (χ3n) is 7.77. The number of nitrogens with zero attached hydrogens (tertiary/aromatic N) is 2. The SMILES string of the molecule is COCC(COC)N(c1cc(F)c(Oc2ncc(C(C)(C)CO)cc2C(F)(F)F)cc1C(=O)O)C(=O)[C@H]1CC[C@H](C)CC1. The third-order valence-corrected chi connectivity index (χ3v) is 7.77. The summed E-state index contributed by atoms with van der Waals surface area (Å²) >= 11 is 0. The van der Waals surface area contributed by atoms with E-state index in [1.807, 2.05) is 0 Å². The second-order valence-corrected chi connectivity index (χ2v) is 11.6. The van der Waals surface area contributed by atoms with E-state index < -0.39 is 70.6 Å². The molecular formula is C30H38F4N2O7. The molecule has 1 heterocycles. The van der Waals surface area contributed by atoms with Crippen molar-refractivity contribution in [1.29, 1.82) is 0 Å². The molecule has 0 unspecified atom stereocenters. The van der Waals surface area contributed by atoms with Crippen molar-refractivity contribution in [1.82, 2.24) is 4.98 Å². The zero-order valence-electron chi connectivity index (χ0n) is 24.8. The summed E-state index contributed by atoms with van der Waals surface area (Å²) in [5, 5.41) is 19.7. The van der Waals surface area contributed by atoms with Gasteiger partial charge < -0.3 is 29.3 Å². The van der Waals surface area contributed by atoms with Crippen LogP contribution in [-0.4, -0.2) is 67.2 Å². The maximum Gasteiger partial charge on any atom is 0.421 e. The van der Waals surface area contributed by atoms with Gasteiger partial charge in [-0.2, -0.15) is 13.2 Å². The predicted octanol–water partition coefficient (Wildman–Crippen LogP) is 5.82. The van der Waals surface area contributed by atoms with E-state index in [1.165, 1.54) is 28.1 Å². The second kappa shape index (κ2) is 14.0. The molecule has 1 amide bonds. The van der Waals surface area contributed by atoms with E-state index in [1.54, 1.807) is 0 Å². The Morgan fingerprint density at radius 3 is 2.19 bits per heavy atom. The first-order valence-electron chi connectivity index (χ1n) is 13.9. The monoisotopic (exact) mass is 614 g/mol. The fraction of sp³-hybridized carbons (Fsp3) is 0.567. The third kappa shape index (κ3) is 8.01. The van der Waals surface area contributed by atoms with Gasteiger partial charge in [0.25, 0.3) is 0 Å². The van der Waals surface area contributed by atoms with Gasteiger partial charge in [-0.25, -0.2) is 14.2 Å². The van der Waals surface area contributed by atoms with Crippen LogP contribution in [0.5, 0.6) is 11.6 Å². The maximum absolute atomic E-state index is 15.6. The quantitative estimate of drug-likeness (QED) is 0.287. The van der Waals surface area contributed by atoms with Gasteiger partial charge in [-0.1, -0.05) is 20.8 Å². The summed E-state index contributed by atoms with van der Waals surface area (Å²) in [4.78, 5) is 31.2. The number of carboxylic acid groups (broad SMARTS) is 1. The lowest BCUT2D eigenvalue weighted by Crippen LogP contribution is -2.49. The summed E-state index contributed by atoms with van der Waals surface area (Å²) in [7, 11) is 2.78. The molecule has 1 aliphatic rings. The normalized spacial score (nSPS) is 17.7. The Bertz CT molecular complexity index is 1290. The summed E-state index contributed by atoms with van der Waals surface area (Å²) in [6.45, 7) is 4.53. The van der Waals surface area contributed by atoms with Crippen molar-refractivity contribution in [3.63, 3.8) is 0 Å². The lowest BCUT2D eigenvalue weighted by atomic mass is 9.82. The molecule has 1 fully saturated rings. The van der Waals surface area contributed by atoms with Crippen LogP contribution in [0.4, 0.5) is 23.2 Å². The molecule has 13 heteroatoms. The number of aromatic carboxylic acids is 1. The molecule has 1 saturated carbocycles. The highest BCUT2D eigenvalue weighted by molar-refractivity contribution is 6.03. The van der Waals surface area contributed by atoms with Crippen molar-refractivity contribution in [3.8, 4) is 11.6 Å². The van der Waals surface area contributed by atoms with Crippen LogP contribution >= 0.6 is 0 Å². The first-order valence-corrected chi connectivity index (χ1v) is 13.9. The van der Waals surface area contributed by atoms with Crippen LogP contribution in [0.25, 0.3) is 0 Å². The highest BCUT2D eigenvalue weighted by atomic mass is 19.4. The van der Waals surface area contributed by atoms with Crippen molar-refractivity contribution < 1.29 is 51.6 Å². The Hall–Kier alpha value is -3.29. The number of amides is 1. The molecule has 1 aromatic heterocycles. The lowest BCUT2D eigenvalue weighted by Gasteiger charge is -2.36. The number of carboxylic acids is 1. The topological polar surface area (TPSA) is 118 Å². The molecule has 0 radical (unpaired) electrons. The van der Waals surface area contributed by atoms with E-state index >= 15 is 4.39 Å². The van der Waals surface area contributed by atoms with Gasteiger partial charge in [-0.05, 0) is 43.2 Å². The first-order chi connectivity index (χ1) is 20.1. The van der Waals surface area contributed by atoms with E-state index in [2.05, 4.69) is 11.9 Å². The van der Waals surface area contributed by atoms with Crippen molar-refractivity contribution >= 4 is 17.6 Å². The van der Waals surface area contributed by atoms with Crippen LogP contribution in [0.15, 0.2) is 24.4 Å². The molecular weight excluding hydrogens is 576 g/mol. The second-order valence-electron chi connectivity index (χ2n) is 11.6. The van der Waals surface area contributed by atoms with Crippen LogP contribution in [0.1, 0.15) is 67.9 Å². The average molecular weight is 615 g/mol. The molecule has 238 valence electrons. The minimum absolute atomic E-state index is 0.0585. The van der Waals surface area contributed by atoms with E-state index in [0.29, 0.717) is 18.8 Å². The van der Waals surface area contributed by atoms with Crippen LogP contribution in [0.2, 0.25) is 0 Å². The molecule has 0 saturated heterocycles. The molecule has 2 aromatic rings. The van der Waals surface area contributed by atoms with Gasteiger partial charge in [0.2, 0.25) is 11.8 Å². The van der Waals surface area contributed by atoms with Gasteiger partial charge in [-0.15, -0.1) is 0 Å². The van der Waals surface area contributed by atoms with E-state index in [-0.39, 0.29) is 24.5 Å². The first kappa shape index (κ1) is 34.2. The largest absolute Gasteiger partial charge is 0.478 e. The highest BCUT2D eigenvalue weighted by Gasteiger charge is 2.39. The van der Waals surface area contributed by atoms with Crippen molar-refractivity contribution in [3.05, 3.63) is 46.9 Å². The minimum Gasteiger partial charge on any atom is -0.478 e. The van der Waals surface area contributed by atoms with Gasteiger partial charge in [0.1, 0.15) is 5.56 Å². The highest BCUT2D eigenvalue weighted by Crippen LogP contribution is 2.41. The Morgan fingerprint density at radius 1 is 1.07 bits per heavy atom. The number of aliphatic hydroxyl groups excluding tert-OH is 1. The van der Waals surface area contributed by atoms with Crippen LogP contribution < -0.4 is 9.64 Å². The number of halogens is 4. The molecule has 0 aliphatic heterocycles. The van der Waals surface area contributed by atoms with E-state index in [9.17, 15) is 33.0 Å². The fourth-order valence-corrected chi connectivity index (χ4v) is 5.07. The number of anilines is 1. The zero-order valence-corrected chi connectivity index (χ0v) is 24.8. The van der Waals surface area contributed by atoms with Gasteiger partial charge >= 0.3 is 12.1 Å². The standard InChI is InChI=1S/C30H38F4N2O7/c1-17-6-8-18(9-7-17)27(38)36(20(14-41-4)15-42-5)24-12-23(31)25(11-21(24)28(39)40)43-26-22(30(32,33)34)10-19(13-35-26)29(2,3)16-37/h10-13,17-18,20,37H,6-9,14-16H2,1-5H3,(H,39,40)/t17-,18-. The smallest absolute Gasteiger partial charge is 0.421 e. The number of aliphatic hydroxyl groups is 1. The van der Waals surface area contributed by atoms with E-state index in [4.69, 9.17) is 14.2 Å². The number of aromatic nitrogens is 1. The minimum atomic E-state index is -4.97.